The third-order valence-corrected chi connectivity index (χ3v) is 5.89. The van der Waals surface area contributed by atoms with E-state index in [0.29, 0.717) is 24.5 Å². The van der Waals surface area contributed by atoms with Gasteiger partial charge in [0.15, 0.2) is 11.5 Å². The highest BCUT2D eigenvalue weighted by atomic mass is 16.5. The highest BCUT2D eigenvalue weighted by Crippen LogP contribution is 2.37. The largest absolute Gasteiger partial charge is 0.497 e. The lowest BCUT2D eigenvalue weighted by Crippen LogP contribution is -2.44. The smallest absolute Gasteiger partial charge is 0.262 e. The third-order valence-electron chi connectivity index (χ3n) is 5.89. The normalized spacial score (nSPS) is 14.9. The minimum Gasteiger partial charge on any atom is -0.497 e. The fourth-order valence-corrected chi connectivity index (χ4v) is 3.96. The Balaban J connectivity index is 1.94. The van der Waals surface area contributed by atoms with Gasteiger partial charge in [0.2, 0.25) is 5.91 Å². The van der Waals surface area contributed by atoms with Gasteiger partial charge in [-0.25, -0.2) is 5.01 Å². The van der Waals surface area contributed by atoms with Crippen LogP contribution in [0.2, 0.25) is 0 Å². The maximum absolute atomic E-state index is 13.5. The highest BCUT2D eigenvalue weighted by molar-refractivity contribution is 6.03. The molecule has 3 rings (SSSR count). The molecule has 1 aliphatic rings. The molecular formula is C26H33N3O7. The van der Waals surface area contributed by atoms with Crippen molar-refractivity contribution in [3.8, 4) is 17.2 Å². The van der Waals surface area contributed by atoms with Crippen LogP contribution in [0.25, 0.3) is 0 Å². The van der Waals surface area contributed by atoms with Gasteiger partial charge in [0, 0.05) is 27.2 Å². The molecule has 0 saturated heterocycles. The number of hydrogen-bond acceptors (Lipinski definition) is 8. The van der Waals surface area contributed by atoms with E-state index in [-0.39, 0.29) is 31.5 Å². The van der Waals surface area contributed by atoms with Gasteiger partial charge in [0.05, 0.1) is 39.7 Å². The molecule has 10 heteroatoms. The van der Waals surface area contributed by atoms with Gasteiger partial charge in [-0.05, 0) is 47.5 Å². The van der Waals surface area contributed by atoms with Gasteiger partial charge >= 0.3 is 0 Å². The minimum atomic E-state index is -0.392. The van der Waals surface area contributed by atoms with Crippen LogP contribution in [0, 0.1) is 0 Å². The predicted octanol–water partition coefficient (Wildman–Crippen LogP) is 2.51. The first-order valence-electron chi connectivity index (χ1n) is 11.5. The maximum atomic E-state index is 13.5. The monoisotopic (exact) mass is 499 g/mol. The molecule has 0 radical (unpaired) electrons. The van der Waals surface area contributed by atoms with Gasteiger partial charge in [0.25, 0.3) is 5.91 Å². The Kier molecular flexibility index (Phi) is 9.66. The van der Waals surface area contributed by atoms with Crippen LogP contribution < -0.4 is 14.2 Å². The minimum absolute atomic E-state index is 0.129. The van der Waals surface area contributed by atoms with Gasteiger partial charge < -0.3 is 28.6 Å². The van der Waals surface area contributed by atoms with E-state index in [1.54, 1.807) is 34.5 Å². The van der Waals surface area contributed by atoms with Crippen molar-refractivity contribution in [3.63, 3.8) is 0 Å². The average Bonchev–Trinajstić information content (AvgIpc) is 3.36. The van der Waals surface area contributed by atoms with Crippen molar-refractivity contribution in [2.75, 3.05) is 61.9 Å². The van der Waals surface area contributed by atoms with Gasteiger partial charge in [-0.3, -0.25) is 9.59 Å². The number of amides is 2. The summed E-state index contributed by atoms with van der Waals surface area (Å²) in [6.07, 6.45) is 0.484. The third kappa shape index (κ3) is 6.32. The van der Waals surface area contributed by atoms with Crippen LogP contribution in [-0.4, -0.2) is 89.3 Å². The molecular weight excluding hydrogens is 466 g/mol. The van der Waals surface area contributed by atoms with Gasteiger partial charge in [-0.1, -0.05) is 6.07 Å². The molecule has 0 aromatic heterocycles. The SMILES string of the molecule is COCCN(CC(=O)N1N=C(c2ccc(OC)cc2)CC1c1ccc(OC)c(OC)c1)C(=O)COC. The molecule has 2 amide bonds. The van der Waals surface area contributed by atoms with E-state index < -0.39 is 6.04 Å². The second-order valence-corrected chi connectivity index (χ2v) is 8.09. The molecule has 0 saturated carbocycles. The van der Waals surface area contributed by atoms with Crippen molar-refractivity contribution in [1.29, 1.82) is 0 Å². The summed E-state index contributed by atoms with van der Waals surface area (Å²) in [5.74, 6) is 1.25. The Hall–Kier alpha value is -3.63. The number of carbonyl (C=O) groups excluding carboxylic acids is 2. The van der Waals surface area contributed by atoms with E-state index in [1.807, 2.05) is 36.4 Å². The molecule has 0 bridgehead atoms. The number of rotatable bonds is 12. The predicted molar refractivity (Wildman–Crippen MR) is 134 cm³/mol. The van der Waals surface area contributed by atoms with Crippen LogP contribution in [0.3, 0.4) is 0 Å². The lowest BCUT2D eigenvalue weighted by molar-refractivity contribution is -0.144. The zero-order valence-corrected chi connectivity index (χ0v) is 21.4. The van der Waals surface area contributed by atoms with E-state index >= 15 is 0 Å². The summed E-state index contributed by atoms with van der Waals surface area (Å²) >= 11 is 0. The van der Waals surface area contributed by atoms with Crippen molar-refractivity contribution < 1.29 is 33.3 Å². The first-order valence-corrected chi connectivity index (χ1v) is 11.5. The molecule has 1 atom stereocenters. The van der Waals surface area contributed by atoms with E-state index in [1.165, 1.54) is 17.0 Å². The molecule has 1 heterocycles. The van der Waals surface area contributed by atoms with E-state index in [2.05, 4.69) is 0 Å². The van der Waals surface area contributed by atoms with Gasteiger partial charge in [-0.2, -0.15) is 5.10 Å². The summed E-state index contributed by atoms with van der Waals surface area (Å²) < 4.78 is 26.2. The van der Waals surface area contributed by atoms with Crippen LogP contribution in [0.1, 0.15) is 23.6 Å². The van der Waals surface area contributed by atoms with Crippen LogP contribution in [0.5, 0.6) is 17.2 Å². The van der Waals surface area contributed by atoms with Crippen LogP contribution in [-0.2, 0) is 19.1 Å². The summed E-state index contributed by atoms with van der Waals surface area (Å²) in [6, 6.07) is 12.7. The molecule has 36 heavy (non-hydrogen) atoms. The average molecular weight is 500 g/mol. The molecule has 0 spiro atoms. The van der Waals surface area contributed by atoms with Crippen molar-refractivity contribution in [3.05, 3.63) is 53.6 Å². The Bertz CT molecular complexity index is 1070. The number of carbonyl (C=O) groups is 2. The zero-order valence-electron chi connectivity index (χ0n) is 21.4. The number of hydrazone groups is 1. The molecule has 194 valence electrons. The molecule has 0 fully saturated rings. The Morgan fingerprint density at radius 2 is 1.67 bits per heavy atom. The summed E-state index contributed by atoms with van der Waals surface area (Å²) in [5, 5.41) is 6.14. The number of methoxy groups -OCH3 is 5. The second kappa shape index (κ2) is 12.9. The topological polar surface area (TPSA) is 99.1 Å². The second-order valence-electron chi connectivity index (χ2n) is 8.09. The van der Waals surface area contributed by atoms with Crippen molar-refractivity contribution in [2.45, 2.75) is 12.5 Å². The molecule has 2 aromatic rings. The number of benzene rings is 2. The van der Waals surface area contributed by atoms with Crippen molar-refractivity contribution in [1.82, 2.24) is 9.91 Å². The molecule has 1 unspecified atom stereocenters. The van der Waals surface area contributed by atoms with Crippen LogP contribution in [0.4, 0.5) is 0 Å². The van der Waals surface area contributed by atoms with Crippen LogP contribution in [0.15, 0.2) is 47.6 Å². The maximum Gasteiger partial charge on any atom is 0.262 e. The standard InChI is InChI=1S/C26H33N3O7/c1-32-13-12-28(26(31)17-33-2)16-25(30)29-22(19-8-11-23(35-4)24(14-19)36-5)15-21(27-29)18-6-9-20(34-3)10-7-18/h6-11,14,22H,12-13,15-17H2,1-5H3. The van der Waals surface area contributed by atoms with Gasteiger partial charge in [-0.15, -0.1) is 0 Å². The van der Waals surface area contributed by atoms with Crippen molar-refractivity contribution >= 4 is 17.5 Å². The molecule has 10 nitrogen and oxygen atoms in total. The van der Waals surface area contributed by atoms with Crippen LogP contribution >= 0.6 is 0 Å². The van der Waals surface area contributed by atoms with Gasteiger partial charge in [0.1, 0.15) is 18.9 Å². The Morgan fingerprint density at radius 3 is 2.28 bits per heavy atom. The number of hydrogen-bond donors (Lipinski definition) is 0. The molecule has 0 N–H and O–H groups in total. The lowest BCUT2D eigenvalue weighted by Gasteiger charge is -2.27. The quantitative estimate of drug-likeness (QED) is 0.443. The first kappa shape index (κ1) is 27.0. The summed E-state index contributed by atoms with van der Waals surface area (Å²) in [4.78, 5) is 27.5. The fraction of sp³-hybridized carbons (Fsp3) is 0.423. The molecule has 0 aliphatic carbocycles. The Labute approximate surface area is 211 Å². The number of ether oxygens (including phenoxy) is 5. The van der Waals surface area contributed by atoms with E-state index in [4.69, 9.17) is 28.8 Å². The summed E-state index contributed by atoms with van der Waals surface area (Å²) in [6.45, 7) is 0.266. The van der Waals surface area contributed by atoms with E-state index in [9.17, 15) is 9.59 Å². The lowest BCUT2D eigenvalue weighted by atomic mass is 9.98. The van der Waals surface area contributed by atoms with E-state index in [0.717, 1.165) is 22.6 Å². The number of nitrogens with zero attached hydrogens (tertiary/aromatic N) is 3. The van der Waals surface area contributed by atoms with Crippen molar-refractivity contribution in [2.24, 2.45) is 5.10 Å². The zero-order chi connectivity index (χ0) is 26.1. The molecule has 1 aliphatic heterocycles. The summed E-state index contributed by atoms with van der Waals surface area (Å²) in [7, 11) is 7.72. The highest BCUT2D eigenvalue weighted by Gasteiger charge is 2.35. The summed E-state index contributed by atoms with van der Waals surface area (Å²) in [5.41, 5.74) is 2.46. The molecule has 2 aromatic carbocycles. The Morgan fingerprint density at radius 1 is 0.944 bits per heavy atom. The fourth-order valence-electron chi connectivity index (χ4n) is 3.96. The first-order chi connectivity index (χ1) is 17.4.